The van der Waals surface area contributed by atoms with Crippen molar-refractivity contribution < 1.29 is 23.7 Å². The number of carbonyl (C=O) groups excluding carboxylic acids is 1. The van der Waals surface area contributed by atoms with Gasteiger partial charge in [-0.15, -0.1) is 0 Å². The molecule has 5 heteroatoms. The van der Waals surface area contributed by atoms with Crippen LogP contribution >= 0.6 is 0 Å². The second kappa shape index (κ2) is 18.4. The highest BCUT2D eigenvalue weighted by atomic mass is 16.5. The molecule has 29 heavy (non-hydrogen) atoms. The average Bonchev–Trinajstić information content (AvgIpc) is 2.75. The Morgan fingerprint density at radius 3 is 1.79 bits per heavy atom. The lowest BCUT2D eigenvalue weighted by atomic mass is 10.1. The van der Waals surface area contributed by atoms with Gasteiger partial charge in [0.05, 0.1) is 32.5 Å². The molecule has 0 fully saturated rings. The number of hydrogen-bond acceptors (Lipinski definition) is 5. The molecule has 0 aliphatic rings. The summed E-state index contributed by atoms with van der Waals surface area (Å²) in [5, 5.41) is 0. The molecule has 166 valence electrons. The Kier molecular flexibility index (Phi) is 16.2. The van der Waals surface area contributed by atoms with Crippen LogP contribution < -0.4 is 4.74 Å². The smallest absolute Gasteiger partial charge is 0.337 e. The number of benzene rings is 1. The van der Waals surface area contributed by atoms with E-state index in [4.69, 9.17) is 14.2 Å². The van der Waals surface area contributed by atoms with Crippen LogP contribution in [0.25, 0.3) is 0 Å². The Morgan fingerprint density at radius 2 is 1.21 bits per heavy atom. The van der Waals surface area contributed by atoms with Crippen molar-refractivity contribution >= 4 is 5.97 Å². The maximum Gasteiger partial charge on any atom is 0.337 e. The van der Waals surface area contributed by atoms with Crippen LogP contribution in [0.4, 0.5) is 0 Å². The molecule has 0 N–H and O–H groups in total. The molecule has 0 aliphatic heterocycles. The van der Waals surface area contributed by atoms with Crippen LogP contribution in [0.3, 0.4) is 0 Å². The van der Waals surface area contributed by atoms with Gasteiger partial charge in [0.25, 0.3) is 0 Å². The third-order valence-electron chi connectivity index (χ3n) is 4.79. The number of carbonyl (C=O) groups is 1. The largest absolute Gasteiger partial charge is 0.491 e. The molecule has 0 heterocycles. The van der Waals surface area contributed by atoms with Gasteiger partial charge in [0.2, 0.25) is 0 Å². The van der Waals surface area contributed by atoms with Gasteiger partial charge in [-0.1, -0.05) is 64.7 Å². The molecule has 0 bridgehead atoms. The number of methoxy groups -OCH3 is 1. The van der Waals surface area contributed by atoms with Gasteiger partial charge in [-0.05, 0) is 30.7 Å². The lowest BCUT2D eigenvalue weighted by Crippen LogP contribution is -2.11. The molecule has 0 atom stereocenters. The zero-order valence-corrected chi connectivity index (χ0v) is 18.5. The Labute approximate surface area is 177 Å². The van der Waals surface area contributed by atoms with Crippen LogP contribution in [0, 0.1) is 0 Å². The minimum atomic E-state index is -0.349. The monoisotopic (exact) mass is 408 g/mol. The van der Waals surface area contributed by atoms with Crippen LogP contribution in [-0.4, -0.2) is 46.1 Å². The second-order valence-corrected chi connectivity index (χ2v) is 7.27. The molecular formula is C24H40O5. The standard InChI is InChI=1S/C24H40O5/c1-3-4-5-6-7-8-9-10-11-12-17-27-18-19-28-20-21-29-23-15-13-22(14-16-23)24(25)26-2/h13-16H,3-12,17-21H2,1-2H3. The van der Waals surface area contributed by atoms with E-state index in [1.54, 1.807) is 24.3 Å². The fourth-order valence-corrected chi connectivity index (χ4v) is 3.04. The summed E-state index contributed by atoms with van der Waals surface area (Å²) >= 11 is 0. The van der Waals surface area contributed by atoms with E-state index >= 15 is 0 Å². The molecule has 0 aromatic heterocycles. The van der Waals surface area contributed by atoms with Gasteiger partial charge in [-0.2, -0.15) is 0 Å². The maximum absolute atomic E-state index is 11.4. The van der Waals surface area contributed by atoms with Crippen LogP contribution in [-0.2, 0) is 14.2 Å². The molecule has 5 nitrogen and oxygen atoms in total. The summed E-state index contributed by atoms with van der Waals surface area (Å²) in [6.07, 6.45) is 13.4. The molecular weight excluding hydrogens is 368 g/mol. The number of esters is 1. The Balaban J connectivity index is 1.82. The minimum absolute atomic E-state index is 0.349. The Bertz CT molecular complexity index is 500. The summed E-state index contributed by atoms with van der Waals surface area (Å²) in [7, 11) is 1.37. The van der Waals surface area contributed by atoms with E-state index < -0.39 is 0 Å². The first-order valence-electron chi connectivity index (χ1n) is 11.2. The van der Waals surface area contributed by atoms with Gasteiger partial charge in [0.15, 0.2) is 0 Å². The summed E-state index contributed by atoms with van der Waals surface area (Å²) in [5.74, 6) is 0.358. The first-order chi connectivity index (χ1) is 14.3. The average molecular weight is 409 g/mol. The van der Waals surface area contributed by atoms with E-state index in [-0.39, 0.29) is 5.97 Å². The SMILES string of the molecule is CCCCCCCCCCCCOCCOCCOc1ccc(C(=O)OC)cc1. The first kappa shape index (κ1) is 25.4. The third-order valence-corrected chi connectivity index (χ3v) is 4.79. The first-order valence-corrected chi connectivity index (χ1v) is 11.2. The number of hydrogen-bond donors (Lipinski definition) is 0. The Hall–Kier alpha value is -1.59. The summed E-state index contributed by atoms with van der Waals surface area (Å²) in [4.78, 5) is 11.4. The molecule has 0 spiro atoms. The van der Waals surface area contributed by atoms with Crippen molar-refractivity contribution in [1.82, 2.24) is 0 Å². The van der Waals surface area contributed by atoms with Crippen molar-refractivity contribution in [3.05, 3.63) is 29.8 Å². The third kappa shape index (κ3) is 14.1. The summed E-state index contributed by atoms with van der Waals surface area (Å²) in [6, 6.07) is 6.87. The fourth-order valence-electron chi connectivity index (χ4n) is 3.04. The van der Waals surface area contributed by atoms with Gasteiger partial charge in [0.1, 0.15) is 12.4 Å². The van der Waals surface area contributed by atoms with E-state index in [2.05, 4.69) is 11.7 Å². The van der Waals surface area contributed by atoms with Crippen molar-refractivity contribution in [2.75, 3.05) is 40.1 Å². The summed E-state index contributed by atoms with van der Waals surface area (Å²) in [5.41, 5.74) is 0.510. The van der Waals surface area contributed by atoms with E-state index in [1.807, 2.05) is 0 Å². The molecule has 0 amide bonds. The van der Waals surface area contributed by atoms with Gasteiger partial charge >= 0.3 is 5.97 Å². The van der Waals surface area contributed by atoms with Crippen molar-refractivity contribution in [2.24, 2.45) is 0 Å². The number of unbranched alkanes of at least 4 members (excludes halogenated alkanes) is 9. The molecule has 0 saturated carbocycles. The van der Waals surface area contributed by atoms with Crippen LogP contribution in [0.15, 0.2) is 24.3 Å². The van der Waals surface area contributed by atoms with Gasteiger partial charge in [0, 0.05) is 6.61 Å². The predicted molar refractivity (Wildman–Crippen MR) is 117 cm³/mol. The quantitative estimate of drug-likeness (QED) is 0.214. The van der Waals surface area contributed by atoms with Gasteiger partial charge < -0.3 is 18.9 Å². The fraction of sp³-hybridized carbons (Fsp3) is 0.708. The van der Waals surface area contributed by atoms with Crippen molar-refractivity contribution in [2.45, 2.75) is 71.1 Å². The van der Waals surface area contributed by atoms with Crippen molar-refractivity contribution in [1.29, 1.82) is 0 Å². The molecule has 0 saturated heterocycles. The van der Waals surface area contributed by atoms with E-state index in [1.165, 1.54) is 64.9 Å². The van der Waals surface area contributed by atoms with Gasteiger partial charge in [-0.25, -0.2) is 4.79 Å². The topological polar surface area (TPSA) is 54.0 Å². The normalized spacial score (nSPS) is 10.8. The number of ether oxygens (including phenoxy) is 4. The Morgan fingerprint density at radius 1 is 0.690 bits per heavy atom. The van der Waals surface area contributed by atoms with Gasteiger partial charge in [-0.3, -0.25) is 0 Å². The van der Waals surface area contributed by atoms with E-state index in [0.29, 0.717) is 37.7 Å². The van der Waals surface area contributed by atoms with E-state index in [0.717, 1.165) is 13.0 Å². The predicted octanol–water partition coefficient (Wildman–Crippen LogP) is 5.81. The maximum atomic E-state index is 11.4. The second-order valence-electron chi connectivity index (χ2n) is 7.27. The highest BCUT2D eigenvalue weighted by Gasteiger charge is 2.04. The summed E-state index contributed by atoms with van der Waals surface area (Å²) in [6.45, 7) is 5.28. The molecule has 0 aliphatic carbocycles. The van der Waals surface area contributed by atoms with Crippen LogP contribution in [0.5, 0.6) is 5.75 Å². The molecule has 0 radical (unpaired) electrons. The lowest BCUT2D eigenvalue weighted by molar-refractivity contribution is 0.0352. The number of rotatable bonds is 19. The van der Waals surface area contributed by atoms with Crippen molar-refractivity contribution in [3.63, 3.8) is 0 Å². The molecule has 1 aromatic carbocycles. The van der Waals surface area contributed by atoms with Crippen LogP contribution in [0.1, 0.15) is 81.5 Å². The molecule has 1 rings (SSSR count). The zero-order chi connectivity index (χ0) is 21.0. The lowest BCUT2D eigenvalue weighted by Gasteiger charge is -2.08. The molecule has 1 aromatic rings. The van der Waals surface area contributed by atoms with E-state index in [9.17, 15) is 4.79 Å². The highest BCUT2D eigenvalue weighted by Crippen LogP contribution is 2.13. The van der Waals surface area contributed by atoms with Crippen LogP contribution in [0.2, 0.25) is 0 Å². The van der Waals surface area contributed by atoms with Crippen molar-refractivity contribution in [3.8, 4) is 5.75 Å². The summed E-state index contributed by atoms with van der Waals surface area (Å²) < 4.78 is 21.4. The highest BCUT2D eigenvalue weighted by molar-refractivity contribution is 5.89. The minimum Gasteiger partial charge on any atom is -0.491 e. The zero-order valence-electron chi connectivity index (χ0n) is 18.5. The molecule has 0 unspecified atom stereocenters.